The summed E-state index contributed by atoms with van der Waals surface area (Å²) in [6.45, 7) is 7.35. The third-order valence-corrected chi connectivity index (χ3v) is 5.46. The van der Waals surface area contributed by atoms with Crippen LogP contribution < -0.4 is 5.32 Å². The van der Waals surface area contributed by atoms with Gasteiger partial charge in [0, 0.05) is 19.0 Å². The highest BCUT2D eigenvalue weighted by atomic mass is 35.5. The van der Waals surface area contributed by atoms with Crippen LogP contribution in [0.2, 0.25) is 0 Å². The largest absolute Gasteiger partial charge is 0.342 e. The molecule has 1 aliphatic carbocycles. The van der Waals surface area contributed by atoms with E-state index in [1.807, 2.05) is 7.05 Å². The Balaban J connectivity index is 0.00000208. The minimum atomic E-state index is 0. The Bertz CT molecular complexity index is 541. The summed E-state index contributed by atoms with van der Waals surface area (Å²) in [5.74, 6) is 2.27. The lowest BCUT2D eigenvalue weighted by Gasteiger charge is -2.33. The van der Waals surface area contributed by atoms with Gasteiger partial charge in [0.2, 0.25) is 5.91 Å². The number of nitrogens with one attached hydrogen (secondary N) is 1. The molecule has 1 amide bonds. The van der Waals surface area contributed by atoms with E-state index in [0.717, 1.165) is 32.5 Å². The minimum Gasteiger partial charge on any atom is -0.342 e. The number of piperidine rings is 1. The summed E-state index contributed by atoms with van der Waals surface area (Å²) in [5, 5.41) is 3.25. The maximum Gasteiger partial charge on any atom is 0.226 e. The average Bonchev–Trinajstić information content (AvgIpc) is 3.35. The van der Waals surface area contributed by atoms with Crippen LogP contribution in [-0.4, -0.2) is 37.5 Å². The molecule has 0 spiro atoms. The van der Waals surface area contributed by atoms with Gasteiger partial charge in [-0.2, -0.15) is 0 Å². The van der Waals surface area contributed by atoms with E-state index >= 15 is 0 Å². The first-order valence-corrected chi connectivity index (χ1v) is 9.13. The van der Waals surface area contributed by atoms with Crippen LogP contribution in [0.25, 0.3) is 0 Å². The third kappa shape index (κ3) is 4.31. The number of nitrogens with zero attached hydrogens (tertiary/aromatic N) is 1. The molecule has 1 saturated heterocycles. The zero-order valence-electron chi connectivity index (χ0n) is 15.1. The highest BCUT2D eigenvalue weighted by Gasteiger charge is 2.46. The zero-order valence-corrected chi connectivity index (χ0v) is 15.9. The smallest absolute Gasteiger partial charge is 0.226 e. The van der Waals surface area contributed by atoms with E-state index in [4.69, 9.17) is 0 Å². The van der Waals surface area contributed by atoms with Crippen LogP contribution in [0.4, 0.5) is 0 Å². The average molecular weight is 351 g/mol. The molecule has 0 bridgehead atoms. The van der Waals surface area contributed by atoms with Gasteiger partial charge in [-0.05, 0) is 61.7 Å². The maximum absolute atomic E-state index is 12.8. The molecular weight excluding hydrogens is 320 g/mol. The van der Waals surface area contributed by atoms with Crippen molar-refractivity contribution in [2.75, 3.05) is 26.7 Å². The molecule has 1 aromatic rings. The lowest BCUT2D eigenvalue weighted by molar-refractivity contribution is -0.134. The molecule has 1 heterocycles. The number of halogens is 1. The summed E-state index contributed by atoms with van der Waals surface area (Å²) in [6, 6.07) is 8.91. The van der Waals surface area contributed by atoms with Crippen molar-refractivity contribution >= 4 is 18.3 Å². The second kappa shape index (κ2) is 8.35. The third-order valence-electron chi connectivity index (χ3n) is 5.46. The molecule has 134 valence electrons. The number of benzene rings is 1. The van der Waals surface area contributed by atoms with Gasteiger partial charge in [0.25, 0.3) is 0 Å². The number of likely N-dealkylation sites (tertiary alicyclic amines) is 1. The Morgan fingerprint density at radius 1 is 1.29 bits per heavy atom. The molecule has 3 nitrogen and oxygen atoms in total. The molecule has 0 aromatic heterocycles. The van der Waals surface area contributed by atoms with E-state index in [1.165, 1.54) is 17.5 Å². The van der Waals surface area contributed by atoms with Crippen LogP contribution in [0.5, 0.6) is 0 Å². The van der Waals surface area contributed by atoms with Gasteiger partial charge in [0.05, 0.1) is 0 Å². The molecule has 2 fully saturated rings. The quantitative estimate of drug-likeness (QED) is 0.876. The first-order valence-electron chi connectivity index (χ1n) is 9.13. The number of hydrogen-bond acceptors (Lipinski definition) is 2. The van der Waals surface area contributed by atoms with E-state index in [-0.39, 0.29) is 18.3 Å². The standard InChI is InChI=1S/C20H30N2O.ClH/c1-14(2)16-6-8-17(9-7-16)18-11-19(18)20(23)22-10-4-5-15(13-22)12-21-3;/h6-9,14-15,18-19,21H,4-5,10-13H2,1-3H3;1H. The van der Waals surface area contributed by atoms with Crippen molar-refractivity contribution in [3.63, 3.8) is 0 Å². The van der Waals surface area contributed by atoms with Gasteiger partial charge >= 0.3 is 0 Å². The van der Waals surface area contributed by atoms with E-state index < -0.39 is 0 Å². The van der Waals surface area contributed by atoms with E-state index in [0.29, 0.717) is 23.7 Å². The topological polar surface area (TPSA) is 32.3 Å². The van der Waals surface area contributed by atoms with Crippen molar-refractivity contribution in [2.24, 2.45) is 11.8 Å². The molecule has 2 aliphatic rings. The van der Waals surface area contributed by atoms with Crippen LogP contribution in [0.15, 0.2) is 24.3 Å². The van der Waals surface area contributed by atoms with E-state index in [2.05, 4.69) is 48.3 Å². The number of carbonyl (C=O) groups is 1. The van der Waals surface area contributed by atoms with Crippen molar-refractivity contribution in [3.8, 4) is 0 Å². The highest BCUT2D eigenvalue weighted by Crippen LogP contribution is 2.48. The molecule has 24 heavy (non-hydrogen) atoms. The number of hydrogen-bond donors (Lipinski definition) is 1. The number of rotatable bonds is 5. The summed E-state index contributed by atoms with van der Waals surface area (Å²) < 4.78 is 0. The molecule has 1 N–H and O–H groups in total. The molecule has 1 saturated carbocycles. The Labute approximate surface area is 152 Å². The molecule has 4 heteroatoms. The summed E-state index contributed by atoms with van der Waals surface area (Å²) >= 11 is 0. The van der Waals surface area contributed by atoms with Crippen molar-refractivity contribution in [2.45, 2.75) is 44.9 Å². The van der Waals surface area contributed by atoms with Crippen molar-refractivity contribution in [1.29, 1.82) is 0 Å². The molecule has 1 aromatic carbocycles. The van der Waals surface area contributed by atoms with Gasteiger partial charge < -0.3 is 10.2 Å². The van der Waals surface area contributed by atoms with Crippen LogP contribution in [0.1, 0.15) is 56.1 Å². The first kappa shape index (κ1) is 19.3. The predicted octanol–water partition coefficient (Wildman–Crippen LogP) is 3.79. The van der Waals surface area contributed by atoms with E-state index in [9.17, 15) is 4.79 Å². The van der Waals surface area contributed by atoms with Crippen LogP contribution in [0.3, 0.4) is 0 Å². The summed E-state index contributed by atoms with van der Waals surface area (Å²) in [4.78, 5) is 14.9. The normalized spacial score (nSPS) is 26.2. The Kier molecular flexibility index (Phi) is 6.70. The van der Waals surface area contributed by atoms with Gasteiger partial charge in [-0.3, -0.25) is 4.79 Å². The van der Waals surface area contributed by atoms with Crippen LogP contribution in [0, 0.1) is 11.8 Å². The monoisotopic (exact) mass is 350 g/mol. The molecule has 3 rings (SSSR count). The van der Waals surface area contributed by atoms with Gasteiger partial charge in [-0.1, -0.05) is 38.1 Å². The number of carbonyl (C=O) groups excluding carboxylic acids is 1. The predicted molar refractivity (Wildman–Crippen MR) is 102 cm³/mol. The minimum absolute atomic E-state index is 0. The summed E-state index contributed by atoms with van der Waals surface area (Å²) in [6.07, 6.45) is 3.43. The van der Waals surface area contributed by atoms with Gasteiger partial charge in [-0.25, -0.2) is 0 Å². The fourth-order valence-corrected chi connectivity index (χ4v) is 3.92. The molecule has 3 unspecified atom stereocenters. The lowest BCUT2D eigenvalue weighted by Crippen LogP contribution is -2.43. The lowest BCUT2D eigenvalue weighted by atomic mass is 9.97. The Morgan fingerprint density at radius 2 is 2.00 bits per heavy atom. The van der Waals surface area contributed by atoms with Gasteiger partial charge in [0.15, 0.2) is 0 Å². The fourth-order valence-electron chi connectivity index (χ4n) is 3.92. The molecule has 3 atom stereocenters. The van der Waals surface area contributed by atoms with Crippen LogP contribution in [-0.2, 0) is 4.79 Å². The summed E-state index contributed by atoms with van der Waals surface area (Å²) in [5.41, 5.74) is 2.72. The van der Waals surface area contributed by atoms with E-state index in [1.54, 1.807) is 0 Å². The van der Waals surface area contributed by atoms with Gasteiger partial charge in [-0.15, -0.1) is 12.4 Å². The fraction of sp³-hybridized carbons (Fsp3) is 0.650. The molecule has 0 radical (unpaired) electrons. The molecule has 1 aliphatic heterocycles. The zero-order chi connectivity index (χ0) is 16.4. The summed E-state index contributed by atoms with van der Waals surface area (Å²) in [7, 11) is 2.00. The second-order valence-corrected chi connectivity index (χ2v) is 7.62. The van der Waals surface area contributed by atoms with Gasteiger partial charge in [0.1, 0.15) is 0 Å². The van der Waals surface area contributed by atoms with Crippen molar-refractivity contribution in [1.82, 2.24) is 10.2 Å². The molecular formula is C20H31ClN2O. The number of amides is 1. The SMILES string of the molecule is CNCC1CCCN(C(=O)C2CC2c2ccc(C(C)C)cc2)C1.Cl. The van der Waals surface area contributed by atoms with Crippen molar-refractivity contribution in [3.05, 3.63) is 35.4 Å². The van der Waals surface area contributed by atoms with Crippen LogP contribution >= 0.6 is 12.4 Å². The Hall–Kier alpha value is -1.06. The van der Waals surface area contributed by atoms with Crippen molar-refractivity contribution < 1.29 is 4.79 Å². The highest BCUT2D eigenvalue weighted by molar-refractivity contribution is 5.85. The Morgan fingerprint density at radius 3 is 2.62 bits per heavy atom. The second-order valence-electron chi connectivity index (χ2n) is 7.62. The first-order chi connectivity index (χ1) is 11.1. The maximum atomic E-state index is 12.8.